The van der Waals surface area contributed by atoms with Crippen molar-refractivity contribution in [3.8, 4) is 0 Å². The Balaban J connectivity index is 1.61. The fraction of sp³-hybridized carbons (Fsp3) is 0.150. The monoisotopic (exact) mass is 400 g/mol. The van der Waals surface area contributed by atoms with Crippen molar-refractivity contribution in [2.75, 3.05) is 11.9 Å². The van der Waals surface area contributed by atoms with Gasteiger partial charge in [0.2, 0.25) is 5.91 Å². The van der Waals surface area contributed by atoms with Gasteiger partial charge in [-0.15, -0.1) is 0 Å². The molecule has 2 aromatic carbocycles. The Hall–Kier alpha value is -2.51. The van der Waals surface area contributed by atoms with Gasteiger partial charge in [0.1, 0.15) is 10.1 Å². The minimum Gasteiger partial charge on any atom is -0.326 e. The van der Waals surface area contributed by atoms with Crippen LogP contribution < -0.4 is 5.32 Å². The normalized spacial score (nSPS) is 15.5. The van der Waals surface area contributed by atoms with Crippen molar-refractivity contribution in [3.05, 3.63) is 70.4 Å². The summed E-state index contributed by atoms with van der Waals surface area (Å²) in [5.41, 5.74) is 2.54. The quantitative estimate of drug-likeness (QED) is 0.598. The molecular formula is C20H17FN2O2S2. The van der Waals surface area contributed by atoms with Crippen LogP contribution in [0.3, 0.4) is 0 Å². The van der Waals surface area contributed by atoms with Crippen molar-refractivity contribution in [1.29, 1.82) is 0 Å². The van der Waals surface area contributed by atoms with Gasteiger partial charge < -0.3 is 5.32 Å². The number of carbonyl (C=O) groups excluding carboxylic acids is 2. The van der Waals surface area contributed by atoms with Gasteiger partial charge in [0.25, 0.3) is 5.91 Å². The molecule has 1 fully saturated rings. The first-order valence-electron chi connectivity index (χ1n) is 8.30. The highest BCUT2D eigenvalue weighted by atomic mass is 32.2. The van der Waals surface area contributed by atoms with Gasteiger partial charge in [-0.2, -0.15) is 0 Å². The Kier molecular flexibility index (Phi) is 6.03. The van der Waals surface area contributed by atoms with Gasteiger partial charge in [0.05, 0.1) is 4.91 Å². The van der Waals surface area contributed by atoms with Crippen molar-refractivity contribution >= 4 is 51.9 Å². The molecule has 3 rings (SSSR count). The number of anilines is 1. The van der Waals surface area contributed by atoms with E-state index in [0.29, 0.717) is 14.9 Å². The number of nitrogens with one attached hydrogen (secondary N) is 1. The Bertz CT molecular complexity index is 926. The first-order chi connectivity index (χ1) is 12.9. The summed E-state index contributed by atoms with van der Waals surface area (Å²) in [4.78, 5) is 26.7. The van der Waals surface area contributed by atoms with Gasteiger partial charge in [-0.3, -0.25) is 14.5 Å². The summed E-state index contributed by atoms with van der Waals surface area (Å²) >= 11 is 6.53. The molecule has 1 saturated heterocycles. The molecule has 1 N–H and O–H groups in total. The van der Waals surface area contributed by atoms with Gasteiger partial charge >= 0.3 is 0 Å². The molecule has 0 saturated carbocycles. The van der Waals surface area contributed by atoms with Crippen LogP contribution >= 0.6 is 24.0 Å². The molecule has 0 bridgehead atoms. The summed E-state index contributed by atoms with van der Waals surface area (Å²) in [6.07, 6.45) is 1.93. The lowest BCUT2D eigenvalue weighted by Gasteiger charge is -2.14. The minimum atomic E-state index is -0.369. The second kappa shape index (κ2) is 8.45. The summed E-state index contributed by atoms with van der Waals surface area (Å²) < 4.78 is 13.3. The summed E-state index contributed by atoms with van der Waals surface area (Å²) in [6.45, 7) is 2.18. The fourth-order valence-corrected chi connectivity index (χ4v) is 3.85. The average Bonchev–Trinajstić information content (AvgIpc) is 2.90. The molecule has 2 amide bonds. The number of amides is 2. The molecule has 0 radical (unpaired) electrons. The van der Waals surface area contributed by atoms with E-state index < -0.39 is 0 Å². The number of thiocarbonyl (C=S) groups is 1. The molecule has 4 nitrogen and oxygen atoms in total. The highest BCUT2D eigenvalue weighted by molar-refractivity contribution is 8.26. The van der Waals surface area contributed by atoms with Crippen LogP contribution in [0.15, 0.2) is 53.4 Å². The highest BCUT2D eigenvalue weighted by Gasteiger charge is 2.32. The molecule has 138 valence electrons. The maximum atomic E-state index is 12.9. The summed E-state index contributed by atoms with van der Waals surface area (Å²) in [5.74, 6) is -0.826. The topological polar surface area (TPSA) is 49.4 Å². The number of carbonyl (C=O) groups is 2. The van der Waals surface area contributed by atoms with Crippen LogP contribution in [0.1, 0.15) is 17.5 Å². The van der Waals surface area contributed by atoms with Gasteiger partial charge in [-0.05, 0) is 48.4 Å². The zero-order valence-electron chi connectivity index (χ0n) is 14.6. The van der Waals surface area contributed by atoms with Crippen LogP contribution in [-0.2, 0) is 9.59 Å². The van der Waals surface area contributed by atoms with E-state index in [1.54, 1.807) is 0 Å². The van der Waals surface area contributed by atoms with E-state index in [-0.39, 0.29) is 30.6 Å². The first-order valence-corrected chi connectivity index (χ1v) is 9.53. The summed E-state index contributed by atoms with van der Waals surface area (Å²) in [5, 5.41) is 2.67. The SMILES string of the molecule is Cc1ccccc1/C=C1\SC(=S)N(CCC(=O)Nc2ccc(F)cc2)C1=O. The predicted molar refractivity (Wildman–Crippen MR) is 111 cm³/mol. The first kappa shape index (κ1) is 19.3. The summed E-state index contributed by atoms with van der Waals surface area (Å²) in [7, 11) is 0. The van der Waals surface area contributed by atoms with Crippen LogP contribution in [-0.4, -0.2) is 27.6 Å². The van der Waals surface area contributed by atoms with E-state index in [0.717, 1.165) is 11.1 Å². The minimum absolute atomic E-state index is 0.0987. The van der Waals surface area contributed by atoms with E-state index in [1.165, 1.54) is 40.9 Å². The molecule has 1 aliphatic heterocycles. The van der Waals surface area contributed by atoms with Crippen LogP contribution in [0, 0.1) is 12.7 Å². The van der Waals surface area contributed by atoms with Crippen LogP contribution in [0.5, 0.6) is 0 Å². The number of rotatable bonds is 5. The third kappa shape index (κ3) is 4.81. The average molecular weight is 401 g/mol. The smallest absolute Gasteiger partial charge is 0.266 e. The lowest BCUT2D eigenvalue weighted by atomic mass is 10.1. The van der Waals surface area contributed by atoms with Crippen LogP contribution in [0.4, 0.5) is 10.1 Å². The molecule has 27 heavy (non-hydrogen) atoms. The highest BCUT2D eigenvalue weighted by Crippen LogP contribution is 2.33. The molecule has 7 heteroatoms. The van der Waals surface area contributed by atoms with Gasteiger partial charge in [-0.25, -0.2) is 4.39 Å². The van der Waals surface area contributed by atoms with E-state index in [9.17, 15) is 14.0 Å². The number of benzene rings is 2. The Morgan fingerprint density at radius 3 is 2.63 bits per heavy atom. The van der Waals surface area contributed by atoms with Crippen molar-refractivity contribution in [1.82, 2.24) is 4.90 Å². The second-order valence-corrected chi connectivity index (χ2v) is 7.67. The Labute approximate surface area is 166 Å². The molecule has 1 heterocycles. The number of hydrogen-bond acceptors (Lipinski definition) is 4. The Morgan fingerprint density at radius 1 is 1.22 bits per heavy atom. The molecular weight excluding hydrogens is 383 g/mol. The van der Waals surface area contributed by atoms with Crippen molar-refractivity contribution in [2.24, 2.45) is 0 Å². The third-order valence-electron chi connectivity index (χ3n) is 4.04. The number of thioether (sulfide) groups is 1. The van der Waals surface area contributed by atoms with Gasteiger partial charge in [0.15, 0.2) is 0 Å². The number of halogens is 1. The van der Waals surface area contributed by atoms with E-state index in [4.69, 9.17) is 12.2 Å². The van der Waals surface area contributed by atoms with E-state index in [2.05, 4.69) is 5.32 Å². The largest absolute Gasteiger partial charge is 0.326 e. The van der Waals surface area contributed by atoms with E-state index in [1.807, 2.05) is 37.3 Å². The Morgan fingerprint density at radius 2 is 1.93 bits per heavy atom. The van der Waals surface area contributed by atoms with E-state index >= 15 is 0 Å². The number of aryl methyl sites for hydroxylation is 1. The molecule has 0 aliphatic carbocycles. The summed E-state index contributed by atoms with van der Waals surface area (Å²) in [6, 6.07) is 13.3. The fourth-order valence-electron chi connectivity index (χ4n) is 2.55. The van der Waals surface area contributed by atoms with Gasteiger partial charge in [0, 0.05) is 18.7 Å². The molecule has 0 unspecified atom stereocenters. The molecule has 1 aliphatic rings. The van der Waals surface area contributed by atoms with Crippen molar-refractivity contribution < 1.29 is 14.0 Å². The zero-order valence-corrected chi connectivity index (χ0v) is 16.2. The van der Waals surface area contributed by atoms with Gasteiger partial charge in [-0.1, -0.05) is 48.2 Å². The lowest BCUT2D eigenvalue weighted by Crippen LogP contribution is -2.31. The van der Waals surface area contributed by atoms with Crippen LogP contribution in [0.2, 0.25) is 0 Å². The standard InChI is InChI=1S/C20H17FN2O2S2/c1-13-4-2-3-5-14(13)12-17-19(25)23(20(26)27-17)11-10-18(24)22-16-8-6-15(21)7-9-16/h2-9,12H,10-11H2,1H3,(H,22,24)/b17-12-. The van der Waals surface area contributed by atoms with Crippen molar-refractivity contribution in [2.45, 2.75) is 13.3 Å². The second-order valence-electron chi connectivity index (χ2n) is 6.00. The maximum Gasteiger partial charge on any atom is 0.266 e. The molecule has 0 atom stereocenters. The molecule has 0 spiro atoms. The third-order valence-corrected chi connectivity index (χ3v) is 5.42. The number of hydrogen-bond donors (Lipinski definition) is 1. The maximum absolute atomic E-state index is 12.9. The zero-order chi connectivity index (χ0) is 19.4. The molecule has 2 aromatic rings. The predicted octanol–water partition coefficient (Wildman–Crippen LogP) is 4.36. The van der Waals surface area contributed by atoms with Crippen molar-refractivity contribution in [3.63, 3.8) is 0 Å². The number of nitrogens with zero attached hydrogens (tertiary/aromatic N) is 1. The lowest BCUT2D eigenvalue weighted by molar-refractivity contribution is -0.122. The molecule has 0 aromatic heterocycles. The van der Waals surface area contributed by atoms with Crippen LogP contribution in [0.25, 0.3) is 6.08 Å².